The number of hydrogen-bond acceptors (Lipinski definition) is 1. The second-order valence-electron chi connectivity index (χ2n) is 2.19. The summed E-state index contributed by atoms with van der Waals surface area (Å²) in [5.41, 5.74) is 0. The van der Waals surface area contributed by atoms with E-state index in [4.69, 9.17) is 0 Å². The average Bonchev–Trinajstić information content (AvgIpc) is 2.11. The summed E-state index contributed by atoms with van der Waals surface area (Å²) in [7, 11) is 0. The van der Waals surface area contributed by atoms with Crippen LogP contribution in [-0.2, 0) is 4.74 Å². The molecule has 0 N–H and O–H groups in total. The maximum Gasteiger partial charge on any atom is 0.460 e. The van der Waals surface area contributed by atoms with Gasteiger partial charge in [0.1, 0.15) is 6.26 Å². The van der Waals surface area contributed by atoms with E-state index in [0.29, 0.717) is 0 Å². The Morgan fingerprint density at radius 3 is 1.62 bits per heavy atom. The molecular formula is C6HF9O. The molecule has 0 heterocycles. The summed E-state index contributed by atoms with van der Waals surface area (Å²) in [6, 6.07) is -2.78. The molecule has 0 fully saturated rings. The van der Waals surface area contributed by atoms with Gasteiger partial charge in [0, 0.05) is 0 Å². The first-order valence-electron chi connectivity index (χ1n) is 3.18. The van der Waals surface area contributed by atoms with Crippen LogP contribution >= 0.6 is 0 Å². The van der Waals surface area contributed by atoms with Crippen LogP contribution in [0.3, 0.4) is 0 Å². The van der Waals surface area contributed by atoms with Gasteiger partial charge in [-0.05, 0) is 0 Å². The summed E-state index contributed by atoms with van der Waals surface area (Å²) in [5.74, 6) is -9.20. The van der Waals surface area contributed by atoms with Gasteiger partial charge in [0.2, 0.25) is 5.83 Å². The Bertz CT molecular complexity index is 308. The van der Waals surface area contributed by atoms with Gasteiger partial charge in [-0.25, -0.2) is 4.39 Å². The number of allylic oxidation sites excluding steroid dienone is 1. The summed E-state index contributed by atoms with van der Waals surface area (Å²) in [6.07, 6.45) is -10.5. The molecule has 0 spiro atoms. The molecular weight excluding hydrogens is 259 g/mol. The molecule has 0 unspecified atom stereocenters. The fourth-order valence-electron chi connectivity index (χ4n) is 0.357. The van der Waals surface area contributed by atoms with E-state index in [2.05, 4.69) is 4.74 Å². The van der Waals surface area contributed by atoms with Crippen LogP contribution in [0.1, 0.15) is 0 Å². The topological polar surface area (TPSA) is 9.23 Å². The number of alkyl halides is 5. The molecule has 0 aromatic carbocycles. The lowest BCUT2D eigenvalue weighted by Gasteiger charge is -2.16. The Hall–Kier alpha value is -1.35. The van der Waals surface area contributed by atoms with E-state index in [1.807, 2.05) is 0 Å². The van der Waals surface area contributed by atoms with Crippen molar-refractivity contribution in [1.29, 1.82) is 0 Å². The van der Waals surface area contributed by atoms with Crippen molar-refractivity contribution < 1.29 is 44.3 Å². The molecule has 0 aliphatic heterocycles. The maximum atomic E-state index is 12.1. The molecule has 0 saturated heterocycles. The third kappa shape index (κ3) is 3.35. The highest BCUT2D eigenvalue weighted by Gasteiger charge is 2.61. The third-order valence-electron chi connectivity index (χ3n) is 1.07. The van der Waals surface area contributed by atoms with E-state index < -0.39 is 36.3 Å². The van der Waals surface area contributed by atoms with Gasteiger partial charge in [-0.3, -0.25) is 0 Å². The van der Waals surface area contributed by atoms with Gasteiger partial charge < -0.3 is 4.74 Å². The number of hydrogen-bond donors (Lipinski definition) is 0. The van der Waals surface area contributed by atoms with Crippen molar-refractivity contribution in [2.24, 2.45) is 0 Å². The van der Waals surface area contributed by atoms with E-state index in [9.17, 15) is 39.5 Å². The molecule has 16 heavy (non-hydrogen) atoms. The molecule has 94 valence electrons. The van der Waals surface area contributed by atoms with Crippen LogP contribution in [0, 0.1) is 0 Å². The van der Waals surface area contributed by atoms with Crippen molar-refractivity contribution in [1.82, 2.24) is 0 Å². The van der Waals surface area contributed by atoms with Crippen LogP contribution < -0.4 is 0 Å². The minimum atomic E-state index is -6.29. The van der Waals surface area contributed by atoms with Crippen LogP contribution in [0.25, 0.3) is 0 Å². The third-order valence-corrected chi connectivity index (χ3v) is 1.07. The highest BCUT2D eigenvalue weighted by Crippen LogP contribution is 2.41. The molecule has 0 rings (SSSR count). The van der Waals surface area contributed by atoms with E-state index in [0.717, 1.165) is 0 Å². The smallest absolute Gasteiger partial charge is 0.433 e. The average molecular weight is 260 g/mol. The molecule has 0 bridgehead atoms. The minimum Gasteiger partial charge on any atom is -0.433 e. The highest BCUT2D eigenvalue weighted by molar-refractivity contribution is 5.06. The maximum absolute atomic E-state index is 12.1. The van der Waals surface area contributed by atoms with Gasteiger partial charge in [-0.1, -0.05) is 0 Å². The molecule has 0 amide bonds. The standard InChI is InChI=1S/C6HF9O/c7-2(1-16-4(10)3(8)9)5(11,12)6(13,14)15/h1H. The van der Waals surface area contributed by atoms with Crippen molar-refractivity contribution in [3.8, 4) is 0 Å². The van der Waals surface area contributed by atoms with Gasteiger partial charge >= 0.3 is 24.2 Å². The van der Waals surface area contributed by atoms with E-state index >= 15 is 0 Å². The zero-order chi connectivity index (χ0) is 13.1. The van der Waals surface area contributed by atoms with Crippen LogP contribution in [0.15, 0.2) is 24.2 Å². The Morgan fingerprint density at radius 2 is 1.31 bits per heavy atom. The fraction of sp³-hybridized carbons (Fsp3) is 0.333. The predicted octanol–water partition coefficient (Wildman–Crippen LogP) is 4.05. The zero-order valence-electron chi connectivity index (χ0n) is 6.89. The van der Waals surface area contributed by atoms with E-state index in [-0.39, 0.29) is 0 Å². The Balaban J connectivity index is 4.88. The highest BCUT2D eigenvalue weighted by atomic mass is 19.4. The van der Waals surface area contributed by atoms with Gasteiger partial charge in [0.15, 0.2) is 0 Å². The van der Waals surface area contributed by atoms with Crippen LogP contribution in [-0.4, -0.2) is 12.1 Å². The summed E-state index contributed by atoms with van der Waals surface area (Å²) in [6.45, 7) is 0. The second-order valence-corrected chi connectivity index (χ2v) is 2.19. The SMILES string of the molecule is FC(=COC(F)=C(F)F)C(F)(F)C(F)(F)F. The normalized spacial score (nSPS) is 13.7. The number of rotatable bonds is 3. The van der Waals surface area contributed by atoms with Crippen molar-refractivity contribution >= 4 is 0 Å². The molecule has 0 aliphatic rings. The van der Waals surface area contributed by atoms with Crippen molar-refractivity contribution in [2.45, 2.75) is 12.1 Å². The Morgan fingerprint density at radius 1 is 0.875 bits per heavy atom. The van der Waals surface area contributed by atoms with E-state index in [1.54, 1.807) is 0 Å². The molecule has 0 saturated carbocycles. The fourth-order valence-corrected chi connectivity index (χ4v) is 0.357. The Labute approximate surface area is 81.8 Å². The summed E-state index contributed by atoms with van der Waals surface area (Å²) < 4.78 is 108. The van der Waals surface area contributed by atoms with E-state index in [1.165, 1.54) is 0 Å². The molecule has 0 aliphatic carbocycles. The van der Waals surface area contributed by atoms with Crippen molar-refractivity contribution in [2.75, 3.05) is 0 Å². The number of halogens is 9. The summed E-state index contributed by atoms with van der Waals surface area (Å²) in [5, 5.41) is 0. The summed E-state index contributed by atoms with van der Waals surface area (Å²) in [4.78, 5) is 0. The molecule has 0 aromatic heterocycles. The Kier molecular flexibility index (Phi) is 4.27. The first-order chi connectivity index (χ1) is 7.00. The molecule has 0 radical (unpaired) electrons. The largest absolute Gasteiger partial charge is 0.460 e. The quantitative estimate of drug-likeness (QED) is 0.549. The minimum absolute atomic E-state index is 1.10. The zero-order valence-corrected chi connectivity index (χ0v) is 6.89. The van der Waals surface area contributed by atoms with Crippen molar-refractivity contribution in [3.63, 3.8) is 0 Å². The lowest BCUT2D eigenvalue weighted by Crippen LogP contribution is -2.37. The molecule has 0 atom stereocenters. The van der Waals surface area contributed by atoms with Crippen LogP contribution in [0.5, 0.6) is 0 Å². The second kappa shape index (κ2) is 4.66. The van der Waals surface area contributed by atoms with Crippen LogP contribution in [0.4, 0.5) is 39.5 Å². The number of ether oxygens (including phenoxy) is 1. The first kappa shape index (κ1) is 14.6. The summed E-state index contributed by atoms with van der Waals surface area (Å²) >= 11 is 0. The lowest BCUT2D eigenvalue weighted by molar-refractivity contribution is -0.271. The van der Waals surface area contributed by atoms with Gasteiger partial charge in [0.25, 0.3) is 0 Å². The van der Waals surface area contributed by atoms with Gasteiger partial charge in [-0.2, -0.15) is 35.1 Å². The molecule has 10 heteroatoms. The van der Waals surface area contributed by atoms with Crippen molar-refractivity contribution in [3.05, 3.63) is 24.2 Å². The monoisotopic (exact) mass is 260 g/mol. The van der Waals surface area contributed by atoms with Crippen LogP contribution in [0.2, 0.25) is 0 Å². The first-order valence-corrected chi connectivity index (χ1v) is 3.18. The lowest BCUT2D eigenvalue weighted by atomic mass is 10.3. The van der Waals surface area contributed by atoms with Gasteiger partial charge in [-0.15, -0.1) is 0 Å². The molecule has 1 nitrogen and oxygen atoms in total. The molecule has 0 aromatic rings. The predicted molar refractivity (Wildman–Crippen MR) is 31.6 cm³/mol. The van der Waals surface area contributed by atoms with Gasteiger partial charge in [0.05, 0.1) is 0 Å².